The first-order chi connectivity index (χ1) is 8.08. The van der Waals surface area contributed by atoms with E-state index in [0.29, 0.717) is 12.3 Å². The summed E-state index contributed by atoms with van der Waals surface area (Å²) in [7, 11) is 0. The Balaban J connectivity index is 2.76. The Hall–Kier alpha value is -0.710. The van der Waals surface area contributed by atoms with E-state index in [2.05, 4.69) is 5.32 Å². The van der Waals surface area contributed by atoms with Crippen LogP contribution in [-0.2, 0) is 0 Å². The lowest BCUT2D eigenvalue weighted by molar-refractivity contribution is 0.211. The molecule has 1 aromatic carbocycles. The zero-order valence-electron chi connectivity index (χ0n) is 9.34. The third kappa shape index (κ3) is 4.22. The highest BCUT2D eigenvalue weighted by atomic mass is 35.5. The van der Waals surface area contributed by atoms with Crippen LogP contribution in [0.25, 0.3) is 0 Å². The van der Waals surface area contributed by atoms with Gasteiger partial charge in [-0.25, -0.2) is 4.39 Å². The molecule has 1 aromatic rings. The van der Waals surface area contributed by atoms with Crippen LogP contribution in [0.4, 0.5) is 10.1 Å². The van der Waals surface area contributed by atoms with Crippen LogP contribution in [-0.4, -0.2) is 30.2 Å². The van der Waals surface area contributed by atoms with Crippen molar-refractivity contribution in [2.75, 3.05) is 24.3 Å². The quantitative estimate of drug-likeness (QED) is 0.788. The largest absolute Gasteiger partial charge is 0.489 e. The van der Waals surface area contributed by atoms with Crippen molar-refractivity contribution in [2.24, 2.45) is 0 Å². The molecule has 96 valence electrons. The van der Waals surface area contributed by atoms with E-state index >= 15 is 0 Å². The topological polar surface area (TPSA) is 41.5 Å². The van der Waals surface area contributed by atoms with E-state index in [4.69, 9.17) is 27.9 Å². The predicted octanol–water partition coefficient (Wildman–Crippen LogP) is 2.89. The summed E-state index contributed by atoms with van der Waals surface area (Å²) in [5.41, 5.74) is 0.472. The van der Waals surface area contributed by atoms with Gasteiger partial charge in [-0.05, 0) is 13.0 Å². The van der Waals surface area contributed by atoms with Crippen LogP contribution in [0.5, 0.6) is 5.75 Å². The second-order valence-electron chi connectivity index (χ2n) is 3.39. The lowest BCUT2D eigenvalue weighted by Crippen LogP contribution is -2.20. The zero-order valence-corrected chi connectivity index (χ0v) is 10.9. The SMILES string of the molecule is CCOc1c(F)cc(NCC(O)CCl)cc1Cl. The van der Waals surface area contributed by atoms with E-state index in [1.807, 2.05) is 0 Å². The van der Waals surface area contributed by atoms with Gasteiger partial charge in [0.15, 0.2) is 11.6 Å². The van der Waals surface area contributed by atoms with Gasteiger partial charge in [0.25, 0.3) is 0 Å². The van der Waals surface area contributed by atoms with Gasteiger partial charge in [0.05, 0.1) is 23.6 Å². The molecule has 1 unspecified atom stereocenters. The van der Waals surface area contributed by atoms with Crippen molar-refractivity contribution in [2.45, 2.75) is 13.0 Å². The van der Waals surface area contributed by atoms with Gasteiger partial charge >= 0.3 is 0 Å². The number of aliphatic hydroxyl groups excluding tert-OH is 1. The van der Waals surface area contributed by atoms with E-state index in [1.165, 1.54) is 12.1 Å². The number of hydrogen-bond donors (Lipinski definition) is 2. The first-order valence-electron chi connectivity index (χ1n) is 5.18. The summed E-state index contributed by atoms with van der Waals surface area (Å²) in [4.78, 5) is 0. The fourth-order valence-electron chi connectivity index (χ4n) is 1.23. The van der Waals surface area contributed by atoms with Gasteiger partial charge in [0.2, 0.25) is 0 Å². The number of nitrogens with one attached hydrogen (secondary N) is 1. The highest BCUT2D eigenvalue weighted by Gasteiger charge is 2.11. The van der Waals surface area contributed by atoms with Gasteiger partial charge in [-0.2, -0.15) is 0 Å². The van der Waals surface area contributed by atoms with Crippen LogP contribution in [0, 0.1) is 5.82 Å². The van der Waals surface area contributed by atoms with Crippen molar-refractivity contribution in [3.63, 3.8) is 0 Å². The maximum atomic E-state index is 13.6. The minimum atomic E-state index is -0.690. The summed E-state index contributed by atoms with van der Waals surface area (Å²) in [6.45, 7) is 2.32. The monoisotopic (exact) mass is 281 g/mol. The smallest absolute Gasteiger partial charge is 0.173 e. The zero-order chi connectivity index (χ0) is 12.8. The van der Waals surface area contributed by atoms with Gasteiger partial charge in [0.1, 0.15) is 0 Å². The average Bonchev–Trinajstić information content (AvgIpc) is 2.30. The fraction of sp³-hybridized carbons (Fsp3) is 0.455. The van der Waals surface area contributed by atoms with E-state index in [1.54, 1.807) is 6.92 Å². The number of anilines is 1. The van der Waals surface area contributed by atoms with Crippen molar-refractivity contribution < 1.29 is 14.2 Å². The number of rotatable bonds is 6. The number of alkyl halides is 1. The van der Waals surface area contributed by atoms with Gasteiger partial charge in [-0.15, -0.1) is 11.6 Å². The van der Waals surface area contributed by atoms with Crippen LogP contribution < -0.4 is 10.1 Å². The van der Waals surface area contributed by atoms with E-state index in [9.17, 15) is 9.50 Å². The number of halogens is 3. The summed E-state index contributed by atoms with van der Waals surface area (Å²) in [6.07, 6.45) is -0.690. The fourth-order valence-corrected chi connectivity index (χ4v) is 1.61. The van der Waals surface area contributed by atoms with Crippen molar-refractivity contribution in [3.8, 4) is 5.75 Å². The van der Waals surface area contributed by atoms with Crippen molar-refractivity contribution in [3.05, 3.63) is 23.0 Å². The van der Waals surface area contributed by atoms with E-state index in [0.717, 1.165) is 0 Å². The Morgan fingerprint density at radius 1 is 1.53 bits per heavy atom. The third-order valence-electron chi connectivity index (χ3n) is 2.01. The minimum absolute atomic E-state index is 0.0395. The number of hydrogen-bond acceptors (Lipinski definition) is 3. The van der Waals surface area contributed by atoms with Crippen LogP contribution in [0.15, 0.2) is 12.1 Å². The van der Waals surface area contributed by atoms with Crippen molar-refractivity contribution in [1.82, 2.24) is 0 Å². The molecule has 0 saturated heterocycles. The summed E-state index contributed by atoms with van der Waals surface area (Å²) in [5.74, 6) is -0.389. The Bertz CT molecular complexity index is 353. The van der Waals surface area contributed by atoms with E-state index < -0.39 is 11.9 Å². The van der Waals surface area contributed by atoms with Gasteiger partial charge in [-0.1, -0.05) is 11.6 Å². The molecule has 0 radical (unpaired) electrons. The van der Waals surface area contributed by atoms with E-state index in [-0.39, 0.29) is 23.2 Å². The molecule has 0 heterocycles. The molecule has 3 nitrogen and oxygen atoms in total. The maximum absolute atomic E-state index is 13.6. The predicted molar refractivity (Wildman–Crippen MR) is 67.8 cm³/mol. The second kappa shape index (κ2) is 6.89. The summed E-state index contributed by atoms with van der Waals surface area (Å²) >= 11 is 11.3. The standard InChI is InChI=1S/C11H14Cl2FNO2/c1-2-17-11-9(13)3-7(4-10(11)14)15-6-8(16)5-12/h3-4,8,15-16H,2,5-6H2,1H3. The lowest BCUT2D eigenvalue weighted by atomic mass is 10.2. The molecule has 17 heavy (non-hydrogen) atoms. The highest BCUT2D eigenvalue weighted by Crippen LogP contribution is 2.31. The Labute approximate surface area is 109 Å². The number of ether oxygens (including phenoxy) is 1. The minimum Gasteiger partial charge on any atom is -0.489 e. The molecule has 6 heteroatoms. The van der Waals surface area contributed by atoms with Crippen molar-refractivity contribution in [1.29, 1.82) is 0 Å². The molecule has 1 rings (SSSR count). The first-order valence-corrected chi connectivity index (χ1v) is 6.09. The third-order valence-corrected chi connectivity index (χ3v) is 2.64. The molecule has 0 aliphatic rings. The summed E-state index contributed by atoms with van der Waals surface area (Å²) < 4.78 is 18.6. The van der Waals surface area contributed by atoms with Crippen LogP contribution >= 0.6 is 23.2 Å². The number of aliphatic hydroxyl groups is 1. The van der Waals surface area contributed by atoms with Gasteiger partial charge < -0.3 is 15.2 Å². The maximum Gasteiger partial charge on any atom is 0.173 e. The molecule has 0 amide bonds. The average molecular weight is 282 g/mol. The molecule has 0 aromatic heterocycles. The van der Waals surface area contributed by atoms with Gasteiger partial charge in [0, 0.05) is 18.3 Å². The molecule has 2 N–H and O–H groups in total. The van der Waals surface area contributed by atoms with Crippen LogP contribution in [0.2, 0.25) is 5.02 Å². The van der Waals surface area contributed by atoms with Crippen LogP contribution in [0.1, 0.15) is 6.92 Å². The lowest BCUT2D eigenvalue weighted by Gasteiger charge is -2.12. The molecule has 1 atom stereocenters. The van der Waals surface area contributed by atoms with Crippen LogP contribution in [0.3, 0.4) is 0 Å². The van der Waals surface area contributed by atoms with Gasteiger partial charge in [-0.3, -0.25) is 0 Å². The Morgan fingerprint density at radius 3 is 2.76 bits per heavy atom. The normalized spacial score (nSPS) is 12.3. The molecule has 0 saturated carbocycles. The van der Waals surface area contributed by atoms with Crippen molar-refractivity contribution >= 4 is 28.9 Å². The highest BCUT2D eigenvalue weighted by molar-refractivity contribution is 6.32. The first kappa shape index (κ1) is 14.4. The molecular formula is C11H14Cl2FNO2. The summed E-state index contributed by atoms with van der Waals surface area (Å²) in [5, 5.41) is 12.3. The molecule has 0 aliphatic carbocycles. The molecular weight excluding hydrogens is 268 g/mol. The molecule has 0 bridgehead atoms. The molecule has 0 aliphatic heterocycles. The Morgan fingerprint density at radius 2 is 2.24 bits per heavy atom. The molecule has 0 fully saturated rings. The second-order valence-corrected chi connectivity index (χ2v) is 4.11. The summed E-state index contributed by atoms with van der Waals surface area (Å²) in [6, 6.07) is 2.80. The molecule has 0 spiro atoms. The Kier molecular flexibility index (Phi) is 5.82. The number of benzene rings is 1.